The Morgan fingerprint density at radius 3 is 2.12 bits per heavy atom. The van der Waals surface area contributed by atoms with Crippen LogP contribution in [0.3, 0.4) is 0 Å². The van der Waals surface area contributed by atoms with E-state index in [0.717, 1.165) is 11.1 Å². The fourth-order valence-electron chi connectivity index (χ4n) is 3.27. The molecule has 0 unspecified atom stereocenters. The van der Waals surface area contributed by atoms with Crippen LogP contribution in [0.4, 0.5) is 16.2 Å². The molecule has 0 spiro atoms. The van der Waals surface area contributed by atoms with E-state index >= 15 is 0 Å². The fourth-order valence-corrected chi connectivity index (χ4v) is 3.27. The second-order valence-electron chi connectivity index (χ2n) is 7.53. The Balaban J connectivity index is 1.72. The molecular weight excluding hydrogens is 434 g/mol. The first kappa shape index (κ1) is 24.3. The Labute approximate surface area is 198 Å². The summed E-state index contributed by atoms with van der Waals surface area (Å²) in [6, 6.07) is 22.6. The van der Waals surface area contributed by atoms with Crippen molar-refractivity contribution in [1.82, 2.24) is 5.32 Å². The van der Waals surface area contributed by atoms with Crippen LogP contribution >= 0.6 is 0 Å². The summed E-state index contributed by atoms with van der Waals surface area (Å²) in [4.78, 5) is 37.1. The number of anilines is 2. The maximum atomic E-state index is 13.1. The van der Waals surface area contributed by atoms with Crippen LogP contribution in [-0.4, -0.2) is 31.1 Å². The van der Waals surface area contributed by atoms with Crippen LogP contribution in [0, 0.1) is 0 Å². The Kier molecular flexibility index (Phi) is 8.62. The van der Waals surface area contributed by atoms with Crippen molar-refractivity contribution in [2.24, 2.45) is 0 Å². The molecule has 3 aromatic rings. The molecular formula is C26H27N3O5. The number of benzene rings is 3. The molecule has 0 aromatic heterocycles. The van der Waals surface area contributed by atoms with Gasteiger partial charge in [-0.05, 0) is 29.3 Å². The highest BCUT2D eigenvalue weighted by Crippen LogP contribution is 2.28. The molecule has 0 saturated carbocycles. The molecule has 3 amide bonds. The van der Waals surface area contributed by atoms with Gasteiger partial charge in [-0.2, -0.15) is 0 Å². The van der Waals surface area contributed by atoms with Gasteiger partial charge in [-0.15, -0.1) is 0 Å². The van der Waals surface area contributed by atoms with E-state index in [1.165, 1.54) is 14.0 Å². The number of carbonyl (C=O) groups excluding carboxylic acids is 3. The van der Waals surface area contributed by atoms with Gasteiger partial charge in [0.05, 0.1) is 12.8 Å². The molecule has 3 N–H and O–H groups in total. The van der Waals surface area contributed by atoms with E-state index in [4.69, 9.17) is 9.47 Å². The number of hydrogen-bond donors (Lipinski definition) is 3. The Bertz CT molecular complexity index is 1120. The van der Waals surface area contributed by atoms with Crippen LogP contribution < -0.4 is 20.7 Å². The van der Waals surface area contributed by atoms with E-state index in [1.807, 2.05) is 60.7 Å². The van der Waals surface area contributed by atoms with E-state index in [0.29, 0.717) is 17.1 Å². The van der Waals surface area contributed by atoms with Crippen molar-refractivity contribution in [2.45, 2.75) is 26.0 Å². The number of nitrogens with one attached hydrogen (secondary N) is 3. The van der Waals surface area contributed by atoms with Gasteiger partial charge in [0.2, 0.25) is 11.8 Å². The molecule has 0 bridgehead atoms. The summed E-state index contributed by atoms with van der Waals surface area (Å²) in [7, 11) is 1.49. The van der Waals surface area contributed by atoms with E-state index < -0.39 is 18.0 Å². The molecule has 0 aliphatic rings. The van der Waals surface area contributed by atoms with Gasteiger partial charge in [0, 0.05) is 19.0 Å². The molecule has 0 aliphatic carbocycles. The second-order valence-corrected chi connectivity index (χ2v) is 7.53. The molecule has 8 heteroatoms. The summed E-state index contributed by atoms with van der Waals surface area (Å²) in [5.74, 6) is -0.248. The van der Waals surface area contributed by atoms with Crippen molar-refractivity contribution in [2.75, 3.05) is 17.7 Å². The minimum atomic E-state index is -0.892. The largest absolute Gasteiger partial charge is 0.495 e. The molecule has 0 saturated heterocycles. The van der Waals surface area contributed by atoms with Crippen LogP contribution in [0.2, 0.25) is 0 Å². The zero-order chi connectivity index (χ0) is 24.3. The fraction of sp³-hybridized carbons (Fsp3) is 0.192. The average molecular weight is 462 g/mol. The Morgan fingerprint density at radius 1 is 0.853 bits per heavy atom. The molecule has 0 heterocycles. The molecule has 0 radical (unpaired) electrons. The monoisotopic (exact) mass is 461 g/mol. The third-order valence-corrected chi connectivity index (χ3v) is 4.88. The maximum Gasteiger partial charge on any atom is 0.408 e. The van der Waals surface area contributed by atoms with Crippen molar-refractivity contribution in [3.8, 4) is 5.75 Å². The lowest BCUT2D eigenvalue weighted by Gasteiger charge is -2.19. The van der Waals surface area contributed by atoms with Gasteiger partial charge in [-0.1, -0.05) is 60.7 Å². The number of amides is 3. The number of ether oxygens (including phenoxy) is 2. The molecule has 176 valence electrons. The number of rotatable bonds is 9. The zero-order valence-electron chi connectivity index (χ0n) is 19.0. The lowest BCUT2D eigenvalue weighted by molar-refractivity contribution is -0.118. The van der Waals surface area contributed by atoms with E-state index in [1.54, 1.807) is 18.2 Å². The van der Waals surface area contributed by atoms with Crippen LogP contribution in [0.5, 0.6) is 5.75 Å². The predicted octanol–water partition coefficient (Wildman–Crippen LogP) is 4.13. The summed E-state index contributed by atoms with van der Waals surface area (Å²) < 4.78 is 10.5. The summed E-state index contributed by atoms with van der Waals surface area (Å²) >= 11 is 0. The number of methoxy groups -OCH3 is 1. The van der Waals surface area contributed by atoms with Gasteiger partial charge >= 0.3 is 6.09 Å². The first-order valence-corrected chi connectivity index (χ1v) is 10.7. The highest BCUT2D eigenvalue weighted by molar-refractivity contribution is 5.98. The summed E-state index contributed by atoms with van der Waals surface area (Å²) in [5.41, 5.74) is 2.57. The molecule has 0 aliphatic heterocycles. The Morgan fingerprint density at radius 2 is 1.50 bits per heavy atom. The minimum Gasteiger partial charge on any atom is -0.495 e. The van der Waals surface area contributed by atoms with Crippen LogP contribution in [-0.2, 0) is 27.4 Å². The second kappa shape index (κ2) is 12.1. The molecule has 3 aromatic carbocycles. The number of hydrogen-bond acceptors (Lipinski definition) is 5. The lowest BCUT2D eigenvalue weighted by Crippen LogP contribution is -2.45. The van der Waals surface area contributed by atoms with Crippen molar-refractivity contribution in [1.29, 1.82) is 0 Å². The number of alkyl carbamates (subject to hydrolysis) is 1. The third-order valence-electron chi connectivity index (χ3n) is 4.88. The smallest absolute Gasteiger partial charge is 0.408 e. The normalized spacial score (nSPS) is 11.1. The van der Waals surface area contributed by atoms with Crippen molar-refractivity contribution >= 4 is 29.3 Å². The highest BCUT2D eigenvalue weighted by atomic mass is 16.5. The topological polar surface area (TPSA) is 106 Å². The standard InChI is InChI=1S/C26H27N3O5/c1-18(30)27-22-16-21(13-14-24(22)33-2)28-25(31)23(15-19-9-5-3-6-10-19)29-26(32)34-17-20-11-7-4-8-12-20/h3-14,16,23H,15,17H2,1-2H3,(H,27,30)(H,28,31)(H,29,32)/t23-/m0/s1. The van der Waals surface area contributed by atoms with E-state index in [2.05, 4.69) is 16.0 Å². The van der Waals surface area contributed by atoms with Crippen LogP contribution in [0.25, 0.3) is 0 Å². The molecule has 0 fully saturated rings. The first-order chi connectivity index (χ1) is 16.4. The quantitative estimate of drug-likeness (QED) is 0.444. The van der Waals surface area contributed by atoms with Crippen molar-refractivity contribution in [3.63, 3.8) is 0 Å². The number of carbonyl (C=O) groups is 3. The summed E-state index contributed by atoms with van der Waals surface area (Å²) in [6.45, 7) is 1.47. The van der Waals surface area contributed by atoms with Gasteiger partial charge in [0.25, 0.3) is 0 Å². The van der Waals surface area contributed by atoms with Gasteiger partial charge in [-0.3, -0.25) is 9.59 Å². The lowest BCUT2D eigenvalue weighted by atomic mass is 10.1. The van der Waals surface area contributed by atoms with Gasteiger partial charge < -0.3 is 25.4 Å². The zero-order valence-corrected chi connectivity index (χ0v) is 19.0. The van der Waals surface area contributed by atoms with E-state index in [9.17, 15) is 14.4 Å². The first-order valence-electron chi connectivity index (χ1n) is 10.7. The van der Waals surface area contributed by atoms with Gasteiger partial charge in [0.15, 0.2) is 0 Å². The van der Waals surface area contributed by atoms with E-state index in [-0.39, 0.29) is 18.9 Å². The average Bonchev–Trinajstić information content (AvgIpc) is 2.83. The molecule has 8 nitrogen and oxygen atoms in total. The van der Waals surface area contributed by atoms with Gasteiger partial charge in [-0.25, -0.2) is 4.79 Å². The Hall–Kier alpha value is -4.33. The highest BCUT2D eigenvalue weighted by Gasteiger charge is 2.23. The van der Waals surface area contributed by atoms with Crippen molar-refractivity contribution in [3.05, 3.63) is 90.0 Å². The predicted molar refractivity (Wildman–Crippen MR) is 130 cm³/mol. The molecule has 34 heavy (non-hydrogen) atoms. The summed E-state index contributed by atoms with van der Waals surface area (Å²) in [5, 5.41) is 8.11. The van der Waals surface area contributed by atoms with Crippen LogP contribution in [0.1, 0.15) is 18.1 Å². The maximum absolute atomic E-state index is 13.1. The third kappa shape index (κ3) is 7.37. The van der Waals surface area contributed by atoms with Crippen LogP contribution in [0.15, 0.2) is 78.9 Å². The summed E-state index contributed by atoms with van der Waals surface area (Å²) in [6.07, 6.45) is -0.435. The minimum absolute atomic E-state index is 0.0882. The molecule has 3 rings (SSSR count). The van der Waals surface area contributed by atoms with Crippen molar-refractivity contribution < 1.29 is 23.9 Å². The van der Waals surface area contributed by atoms with Gasteiger partial charge in [0.1, 0.15) is 18.4 Å². The molecule has 1 atom stereocenters. The SMILES string of the molecule is COc1ccc(NC(=O)[C@H](Cc2ccccc2)NC(=O)OCc2ccccc2)cc1NC(C)=O.